The Balaban J connectivity index is 2.04. The van der Waals surface area contributed by atoms with Crippen molar-refractivity contribution < 1.29 is 9.53 Å². The first-order valence-corrected chi connectivity index (χ1v) is 8.31. The molecule has 5 heteroatoms. The van der Waals surface area contributed by atoms with E-state index in [1.165, 1.54) is 0 Å². The number of benzene rings is 1. The number of carbonyl (C=O) groups excluding carboxylic acids is 1. The Morgan fingerprint density at radius 1 is 1.33 bits per heavy atom. The molecule has 1 aliphatic carbocycles. The van der Waals surface area contributed by atoms with Crippen molar-refractivity contribution in [2.45, 2.75) is 50.2 Å². The van der Waals surface area contributed by atoms with E-state index in [9.17, 15) is 4.79 Å². The molecule has 0 aromatic heterocycles. The standard InChI is InChI=1S/C16H21BrN2O2/c1-21-11-7-8-13(17)12(9-11)16-14(18)3-2-4-15(20)19(16)10-5-6-10/h7-10,14,16H,2-6,18H2,1H3. The number of nitrogens with zero attached hydrogens (tertiary/aromatic N) is 1. The Labute approximate surface area is 133 Å². The smallest absolute Gasteiger partial charge is 0.223 e. The van der Waals surface area contributed by atoms with Crippen LogP contribution in [0.5, 0.6) is 5.75 Å². The highest BCUT2D eigenvalue weighted by atomic mass is 79.9. The van der Waals surface area contributed by atoms with Crippen LogP contribution in [0.3, 0.4) is 0 Å². The van der Waals surface area contributed by atoms with Crippen molar-refractivity contribution in [1.29, 1.82) is 0 Å². The summed E-state index contributed by atoms with van der Waals surface area (Å²) < 4.78 is 6.33. The van der Waals surface area contributed by atoms with Gasteiger partial charge in [0.1, 0.15) is 5.75 Å². The van der Waals surface area contributed by atoms with Gasteiger partial charge >= 0.3 is 0 Å². The molecule has 1 saturated carbocycles. The number of hydrogen-bond donors (Lipinski definition) is 1. The van der Waals surface area contributed by atoms with Crippen molar-refractivity contribution in [3.05, 3.63) is 28.2 Å². The molecule has 1 amide bonds. The summed E-state index contributed by atoms with van der Waals surface area (Å²) in [6.07, 6.45) is 4.56. The van der Waals surface area contributed by atoms with E-state index >= 15 is 0 Å². The summed E-state index contributed by atoms with van der Waals surface area (Å²) in [6.45, 7) is 0. The van der Waals surface area contributed by atoms with Gasteiger partial charge in [0, 0.05) is 23.0 Å². The molecule has 21 heavy (non-hydrogen) atoms. The van der Waals surface area contributed by atoms with Crippen molar-refractivity contribution in [2.24, 2.45) is 5.73 Å². The number of halogens is 1. The molecule has 2 aliphatic rings. The van der Waals surface area contributed by atoms with E-state index in [-0.39, 0.29) is 18.0 Å². The third kappa shape index (κ3) is 2.94. The van der Waals surface area contributed by atoms with E-state index in [2.05, 4.69) is 15.9 Å². The fourth-order valence-corrected chi connectivity index (χ4v) is 3.66. The van der Waals surface area contributed by atoms with Crippen molar-refractivity contribution in [3.63, 3.8) is 0 Å². The first-order chi connectivity index (χ1) is 10.1. The van der Waals surface area contributed by atoms with Crippen LogP contribution in [0.1, 0.15) is 43.7 Å². The minimum Gasteiger partial charge on any atom is -0.497 e. The van der Waals surface area contributed by atoms with Gasteiger partial charge < -0.3 is 15.4 Å². The maximum atomic E-state index is 12.5. The lowest BCUT2D eigenvalue weighted by Gasteiger charge is -2.35. The van der Waals surface area contributed by atoms with Gasteiger partial charge in [-0.1, -0.05) is 15.9 Å². The molecule has 2 fully saturated rings. The van der Waals surface area contributed by atoms with Crippen LogP contribution >= 0.6 is 15.9 Å². The van der Waals surface area contributed by atoms with E-state index in [0.717, 1.165) is 41.5 Å². The molecule has 114 valence electrons. The third-order valence-corrected chi connectivity index (χ3v) is 5.11. The zero-order valence-electron chi connectivity index (χ0n) is 12.2. The van der Waals surface area contributed by atoms with Crippen molar-refractivity contribution in [2.75, 3.05) is 7.11 Å². The number of ether oxygens (including phenoxy) is 1. The van der Waals surface area contributed by atoms with E-state index in [0.29, 0.717) is 12.5 Å². The molecule has 2 N–H and O–H groups in total. The second-order valence-corrected chi connectivity index (χ2v) is 6.77. The molecule has 0 bridgehead atoms. The van der Waals surface area contributed by atoms with Crippen LogP contribution < -0.4 is 10.5 Å². The predicted octanol–water partition coefficient (Wildman–Crippen LogP) is 3.00. The molecule has 1 aromatic carbocycles. The van der Waals surface area contributed by atoms with E-state index in [4.69, 9.17) is 10.5 Å². The molecule has 1 aliphatic heterocycles. The molecular weight excluding hydrogens is 332 g/mol. The molecule has 4 nitrogen and oxygen atoms in total. The van der Waals surface area contributed by atoms with Crippen LogP contribution in [-0.4, -0.2) is 30.0 Å². The Kier molecular flexibility index (Phi) is 4.22. The first-order valence-electron chi connectivity index (χ1n) is 7.52. The summed E-state index contributed by atoms with van der Waals surface area (Å²) in [5.74, 6) is 1.04. The number of methoxy groups -OCH3 is 1. The second kappa shape index (κ2) is 5.97. The highest BCUT2D eigenvalue weighted by Crippen LogP contribution is 2.42. The molecule has 2 unspecified atom stereocenters. The van der Waals surface area contributed by atoms with Gasteiger partial charge in [0.25, 0.3) is 0 Å². The lowest BCUT2D eigenvalue weighted by molar-refractivity contribution is -0.133. The largest absolute Gasteiger partial charge is 0.497 e. The summed E-state index contributed by atoms with van der Waals surface area (Å²) in [4.78, 5) is 14.6. The van der Waals surface area contributed by atoms with Gasteiger partial charge in [-0.3, -0.25) is 4.79 Å². The van der Waals surface area contributed by atoms with E-state index < -0.39 is 0 Å². The highest BCUT2D eigenvalue weighted by Gasteiger charge is 2.42. The molecule has 1 saturated heterocycles. The van der Waals surface area contributed by atoms with Crippen LogP contribution in [-0.2, 0) is 4.79 Å². The van der Waals surface area contributed by atoms with Crippen molar-refractivity contribution in [1.82, 2.24) is 4.90 Å². The van der Waals surface area contributed by atoms with Crippen LogP contribution in [0, 0.1) is 0 Å². The quantitative estimate of drug-likeness (QED) is 0.909. The summed E-state index contributed by atoms with van der Waals surface area (Å²) in [5, 5.41) is 0. The van der Waals surface area contributed by atoms with Gasteiger partial charge in [-0.25, -0.2) is 0 Å². The van der Waals surface area contributed by atoms with Gasteiger partial charge in [-0.2, -0.15) is 0 Å². The molecular formula is C16H21BrN2O2. The van der Waals surface area contributed by atoms with Crippen molar-refractivity contribution >= 4 is 21.8 Å². The molecule has 0 spiro atoms. The third-order valence-electron chi connectivity index (χ3n) is 4.38. The number of amides is 1. The average molecular weight is 353 g/mol. The monoisotopic (exact) mass is 352 g/mol. The Hall–Kier alpha value is -1.07. The van der Waals surface area contributed by atoms with Crippen LogP contribution in [0.15, 0.2) is 22.7 Å². The second-order valence-electron chi connectivity index (χ2n) is 5.92. The van der Waals surface area contributed by atoms with E-state index in [1.54, 1.807) is 7.11 Å². The molecule has 3 rings (SSSR count). The van der Waals surface area contributed by atoms with Gasteiger partial charge in [0.05, 0.1) is 13.2 Å². The average Bonchev–Trinajstić information content (AvgIpc) is 3.29. The molecule has 1 heterocycles. The van der Waals surface area contributed by atoms with Gasteiger partial charge in [0.2, 0.25) is 5.91 Å². The van der Waals surface area contributed by atoms with Crippen LogP contribution in [0.2, 0.25) is 0 Å². The maximum Gasteiger partial charge on any atom is 0.223 e. The van der Waals surface area contributed by atoms with Crippen molar-refractivity contribution in [3.8, 4) is 5.75 Å². The molecule has 2 atom stereocenters. The van der Waals surface area contributed by atoms with Crippen LogP contribution in [0.4, 0.5) is 0 Å². The Bertz CT molecular complexity index is 545. The maximum absolute atomic E-state index is 12.5. The fourth-order valence-electron chi connectivity index (χ4n) is 3.18. The summed E-state index contributed by atoms with van der Waals surface area (Å²) in [6, 6.07) is 6.17. The summed E-state index contributed by atoms with van der Waals surface area (Å²) >= 11 is 3.62. The zero-order chi connectivity index (χ0) is 15.0. The molecule has 0 radical (unpaired) electrons. The number of nitrogens with two attached hydrogens (primary N) is 1. The van der Waals surface area contributed by atoms with Crippen LogP contribution in [0.25, 0.3) is 0 Å². The lowest BCUT2D eigenvalue weighted by atomic mass is 9.96. The van der Waals surface area contributed by atoms with E-state index in [1.807, 2.05) is 23.1 Å². The Morgan fingerprint density at radius 3 is 2.76 bits per heavy atom. The SMILES string of the molecule is COc1ccc(Br)c(C2C(N)CCCC(=O)N2C2CC2)c1. The molecule has 1 aromatic rings. The predicted molar refractivity (Wildman–Crippen MR) is 85.1 cm³/mol. The zero-order valence-corrected chi connectivity index (χ0v) is 13.8. The number of rotatable bonds is 3. The topological polar surface area (TPSA) is 55.6 Å². The minimum atomic E-state index is -0.0584. The lowest BCUT2D eigenvalue weighted by Crippen LogP contribution is -2.43. The number of hydrogen-bond acceptors (Lipinski definition) is 3. The van der Waals surface area contributed by atoms with Gasteiger partial charge in [-0.05, 0) is 49.4 Å². The minimum absolute atomic E-state index is 0.0274. The highest BCUT2D eigenvalue weighted by molar-refractivity contribution is 9.10. The summed E-state index contributed by atoms with van der Waals surface area (Å²) in [7, 11) is 1.66. The normalized spacial score (nSPS) is 26.6. The Morgan fingerprint density at radius 2 is 2.10 bits per heavy atom. The van der Waals surface area contributed by atoms with Gasteiger partial charge in [0.15, 0.2) is 0 Å². The van der Waals surface area contributed by atoms with Gasteiger partial charge in [-0.15, -0.1) is 0 Å². The number of likely N-dealkylation sites (tertiary alicyclic amines) is 1. The number of carbonyl (C=O) groups is 1. The summed E-state index contributed by atoms with van der Waals surface area (Å²) in [5.41, 5.74) is 7.49. The fraction of sp³-hybridized carbons (Fsp3) is 0.562. The first kappa shape index (κ1) is 14.9.